The largest absolute Gasteiger partial charge is 0.342 e. The molecule has 3 heterocycles. The Morgan fingerprint density at radius 2 is 1.85 bits per heavy atom. The van der Waals surface area contributed by atoms with Crippen molar-refractivity contribution in [2.75, 3.05) is 19.6 Å². The van der Waals surface area contributed by atoms with E-state index >= 15 is 0 Å². The molecule has 0 saturated carbocycles. The van der Waals surface area contributed by atoms with Crippen molar-refractivity contribution in [3.05, 3.63) is 56.2 Å². The second-order valence-electron chi connectivity index (χ2n) is 6.88. The highest BCUT2D eigenvalue weighted by molar-refractivity contribution is 7.16. The lowest BCUT2D eigenvalue weighted by Crippen LogP contribution is -2.69. The second kappa shape index (κ2) is 7.80. The van der Waals surface area contributed by atoms with Crippen LogP contribution in [0.3, 0.4) is 0 Å². The van der Waals surface area contributed by atoms with Gasteiger partial charge in [0.1, 0.15) is 12.1 Å². The lowest BCUT2D eigenvalue weighted by atomic mass is 9.98. The maximum Gasteiger partial charge on any atom is 0.246 e. The molecule has 8 heteroatoms. The summed E-state index contributed by atoms with van der Waals surface area (Å²) in [5, 5.41) is 3.56. The zero-order chi connectivity index (χ0) is 19.0. The Morgan fingerprint density at radius 3 is 2.56 bits per heavy atom. The summed E-state index contributed by atoms with van der Waals surface area (Å²) in [6, 6.07) is 10.3. The first-order valence-corrected chi connectivity index (χ1v) is 10.4. The first-order chi connectivity index (χ1) is 13.0. The van der Waals surface area contributed by atoms with E-state index in [-0.39, 0.29) is 11.8 Å². The number of benzene rings is 1. The molecule has 27 heavy (non-hydrogen) atoms. The Kier molecular flexibility index (Phi) is 5.41. The maximum absolute atomic E-state index is 12.9. The first kappa shape index (κ1) is 18.7. The van der Waals surface area contributed by atoms with Crippen molar-refractivity contribution in [1.82, 2.24) is 15.1 Å². The van der Waals surface area contributed by atoms with Gasteiger partial charge in [0.15, 0.2) is 0 Å². The average molecular weight is 424 g/mol. The minimum Gasteiger partial charge on any atom is -0.342 e. The Labute approximate surface area is 171 Å². The molecular weight excluding hydrogens is 405 g/mol. The Bertz CT molecular complexity index is 855. The molecular formula is C19H19Cl2N3O2S. The van der Waals surface area contributed by atoms with E-state index in [2.05, 4.69) is 10.2 Å². The fraction of sp³-hybridized carbons (Fsp3) is 0.368. The van der Waals surface area contributed by atoms with E-state index in [9.17, 15) is 9.59 Å². The second-order valence-corrected chi connectivity index (χ2v) is 9.12. The number of halogens is 2. The number of rotatable bonds is 4. The average Bonchev–Trinajstić information content (AvgIpc) is 3.06. The molecule has 0 bridgehead atoms. The normalized spacial score (nSPS) is 23.3. The number of carbonyl (C=O) groups excluding carboxylic acids is 2. The summed E-state index contributed by atoms with van der Waals surface area (Å²) in [7, 11) is 0. The molecule has 0 radical (unpaired) electrons. The summed E-state index contributed by atoms with van der Waals surface area (Å²) >= 11 is 13.5. The van der Waals surface area contributed by atoms with Crippen LogP contribution in [0, 0.1) is 0 Å². The summed E-state index contributed by atoms with van der Waals surface area (Å²) in [6.45, 7) is 2.60. The SMILES string of the molecule is O=C1N[C@@H](Cc2ccc(Cl)cc2)C(=O)N2CCN(Cc3ccc(Cl)s3)C[C@H]12. The van der Waals surface area contributed by atoms with E-state index < -0.39 is 12.1 Å². The van der Waals surface area contributed by atoms with Crippen LogP contribution in [0.15, 0.2) is 36.4 Å². The molecule has 0 aliphatic carbocycles. The standard InChI is InChI=1S/C19H19Cl2N3O2S/c20-13-3-1-12(2-4-13)9-15-19(26)24-8-7-23(11-16(24)18(25)22-15)10-14-5-6-17(21)27-14/h1-6,15-16H,7-11H2,(H,22,25)/t15-,16+/m0/s1. The van der Waals surface area contributed by atoms with E-state index in [1.165, 1.54) is 0 Å². The van der Waals surface area contributed by atoms with Gasteiger partial charge in [0.25, 0.3) is 0 Å². The van der Waals surface area contributed by atoms with E-state index in [4.69, 9.17) is 23.2 Å². The molecule has 4 rings (SSSR count). The predicted molar refractivity (Wildman–Crippen MR) is 107 cm³/mol. The summed E-state index contributed by atoms with van der Waals surface area (Å²) in [6.07, 6.45) is 0.475. The molecule has 2 saturated heterocycles. The molecule has 5 nitrogen and oxygen atoms in total. The minimum absolute atomic E-state index is 0.00614. The van der Waals surface area contributed by atoms with Gasteiger partial charge in [-0.15, -0.1) is 11.3 Å². The van der Waals surface area contributed by atoms with Gasteiger partial charge in [-0.25, -0.2) is 0 Å². The van der Waals surface area contributed by atoms with E-state index in [1.807, 2.05) is 24.3 Å². The van der Waals surface area contributed by atoms with Crippen LogP contribution < -0.4 is 5.32 Å². The quantitative estimate of drug-likeness (QED) is 0.822. The molecule has 142 valence electrons. The van der Waals surface area contributed by atoms with Crippen molar-refractivity contribution < 1.29 is 9.59 Å². The van der Waals surface area contributed by atoms with Gasteiger partial charge in [-0.1, -0.05) is 35.3 Å². The van der Waals surface area contributed by atoms with Gasteiger partial charge in [0, 0.05) is 42.5 Å². The highest BCUT2D eigenvalue weighted by Crippen LogP contribution is 2.25. The van der Waals surface area contributed by atoms with Crippen LogP contribution in [0.4, 0.5) is 0 Å². The number of nitrogens with zero attached hydrogens (tertiary/aromatic N) is 2. The molecule has 0 spiro atoms. The minimum atomic E-state index is -0.516. The first-order valence-electron chi connectivity index (χ1n) is 8.81. The summed E-state index contributed by atoms with van der Waals surface area (Å²) < 4.78 is 0.763. The molecule has 2 amide bonds. The molecule has 2 fully saturated rings. The maximum atomic E-state index is 12.9. The number of carbonyl (C=O) groups is 2. The van der Waals surface area contributed by atoms with Gasteiger partial charge in [0.2, 0.25) is 11.8 Å². The molecule has 0 unspecified atom stereocenters. The van der Waals surface area contributed by atoms with Gasteiger partial charge < -0.3 is 10.2 Å². The smallest absolute Gasteiger partial charge is 0.246 e. The fourth-order valence-corrected chi connectivity index (χ4v) is 4.91. The molecule has 1 N–H and O–H groups in total. The highest BCUT2D eigenvalue weighted by atomic mass is 35.5. The van der Waals surface area contributed by atoms with Gasteiger partial charge in [-0.2, -0.15) is 0 Å². The van der Waals surface area contributed by atoms with Crippen LogP contribution in [-0.2, 0) is 22.6 Å². The zero-order valence-electron chi connectivity index (χ0n) is 14.5. The van der Waals surface area contributed by atoms with Crippen LogP contribution in [0.2, 0.25) is 9.36 Å². The van der Waals surface area contributed by atoms with E-state index in [0.29, 0.717) is 24.5 Å². The molecule has 2 atom stereocenters. The Morgan fingerprint density at radius 1 is 1.07 bits per heavy atom. The summed E-state index contributed by atoms with van der Waals surface area (Å²) in [4.78, 5) is 30.7. The Balaban J connectivity index is 1.41. The number of fused-ring (bicyclic) bond motifs is 1. The zero-order valence-corrected chi connectivity index (χ0v) is 16.9. The summed E-state index contributed by atoms with van der Waals surface area (Å²) in [5.74, 6) is -0.0872. The third-order valence-electron chi connectivity index (χ3n) is 5.03. The van der Waals surface area contributed by atoms with Crippen molar-refractivity contribution in [3.63, 3.8) is 0 Å². The van der Waals surface area contributed by atoms with Crippen molar-refractivity contribution in [3.8, 4) is 0 Å². The van der Waals surface area contributed by atoms with Crippen molar-refractivity contribution in [2.24, 2.45) is 0 Å². The van der Waals surface area contributed by atoms with Crippen LogP contribution in [0.1, 0.15) is 10.4 Å². The third-order valence-corrected chi connectivity index (χ3v) is 6.49. The lowest BCUT2D eigenvalue weighted by molar-refractivity contribution is -0.153. The lowest BCUT2D eigenvalue weighted by Gasteiger charge is -2.45. The Hall–Kier alpha value is -1.60. The van der Waals surface area contributed by atoms with Gasteiger partial charge in [-0.3, -0.25) is 14.5 Å². The number of thiophene rings is 1. The van der Waals surface area contributed by atoms with E-state index in [0.717, 1.165) is 27.9 Å². The topological polar surface area (TPSA) is 52.7 Å². The molecule has 1 aromatic heterocycles. The van der Waals surface area contributed by atoms with Crippen LogP contribution >= 0.6 is 34.5 Å². The highest BCUT2D eigenvalue weighted by Gasteiger charge is 2.43. The molecule has 2 aliphatic rings. The van der Waals surface area contributed by atoms with Crippen molar-refractivity contribution in [2.45, 2.75) is 25.0 Å². The third kappa shape index (κ3) is 4.14. The summed E-state index contributed by atoms with van der Waals surface area (Å²) in [5.41, 5.74) is 0.977. The monoisotopic (exact) mass is 423 g/mol. The predicted octanol–water partition coefficient (Wildman–Crippen LogP) is 2.81. The number of hydrogen-bond donors (Lipinski definition) is 1. The number of hydrogen-bond acceptors (Lipinski definition) is 4. The van der Waals surface area contributed by atoms with Crippen LogP contribution in [0.25, 0.3) is 0 Å². The van der Waals surface area contributed by atoms with E-state index in [1.54, 1.807) is 28.4 Å². The van der Waals surface area contributed by atoms with Gasteiger partial charge in [-0.05, 0) is 29.8 Å². The van der Waals surface area contributed by atoms with Gasteiger partial charge in [0.05, 0.1) is 4.34 Å². The number of amides is 2. The van der Waals surface area contributed by atoms with Gasteiger partial charge >= 0.3 is 0 Å². The molecule has 2 aromatic rings. The van der Waals surface area contributed by atoms with Crippen molar-refractivity contribution in [1.29, 1.82) is 0 Å². The molecule has 2 aliphatic heterocycles. The number of nitrogens with one attached hydrogen (secondary N) is 1. The molecule has 1 aromatic carbocycles. The van der Waals surface area contributed by atoms with Crippen LogP contribution in [-0.4, -0.2) is 53.3 Å². The number of piperazine rings is 2. The van der Waals surface area contributed by atoms with Crippen LogP contribution in [0.5, 0.6) is 0 Å². The fourth-order valence-electron chi connectivity index (χ4n) is 3.65. The van der Waals surface area contributed by atoms with Crippen molar-refractivity contribution >= 4 is 46.4 Å².